The third-order valence-corrected chi connectivity index (χ3v) is 2.59. The molecule has 0 amide bonds. The van der Waals surface area contributed by atoms with Crippen molar-refractivity contribution in [2.75, 3.05) is 6.61 Å². The SMILES string of the molecule is CC.CC1CCO[C@@H](C)[C@@H]1C. The van der Waals surface area contributed by atoms with Crippen LogP contribution in [0, 0.1) is 11.8 Å². The normalized spacial score (nSPS) is 37.4. The molecule has 0 aromatic carbocycles. The van der Waals surface area contributed by atoms with Crippen molar-refractivity contribution in [1.82, 2.24) is 0 Å². The molecule has 1 unspecified atom stereocenters. The summed E-state index contributed by atoms with van der Waals surface area (Å²) in [7, 11) is 0. The number of hydrogen-bond acceptors (Lipinski definition) is 1. The lowest BCUT2D eigenvalue weighted by molar-refractivity contribution is -0.0345. The maximum atomic E-state index is 5.46. The molecule has 1 heteroatoms. The molecule has 1 aliphatic rings. The van der Waals surface area contributed by atoms with Crippen LogP contribution in [0.4, 0.5) is 0 Å². The monoisotopic (exact) mass is 158 g/mol. The Bertz CT molecular complexity index is 80.9. The molecule has 0 bridgehead atoms. The fourth-order valence-electron chi connectivity index (χ4n) is 1.32. The molecular weight excluding hydrogens is 136 g/mol. The van der Waals surface area contributed by atoms with Crippen molar-refractivity contribution in [3.8, 4) is 0 Å². The quantitative estimate of drug-likeness (QED) is 0.526. The number of hydrogen-bond donors (Lipinski definition) is 0. The van der Waals surface area contributed by atoms with Crippen LogP contribution in [0.5, 0.6) is 0 Å². The second-order valence-electron chi connectivity index (χ2n) is 3.20. The maximum Gasteiger partial charge on any atom is 0.0575 e. The predicted octanol–water partition coefficient (Wildman–Crippen LogP) is 3.09. The lowest BCUT2D eigenvalue weighted by Gasteiger charge is -2.31. The summed E-state index contributed by atoms with van der Waals surface area (Å²) in [5.74, 6) is 1.60. The molecular formula is C10H22O. The Morgan fingerprint density at radius 2 is 1.64 bits per heavy atom. The van der Waals surface area contributed by atoms with E-state index in [9.17, 15) is 0 Å². The third-order valence-electron chi connectivity index (χ3n) is 2.59. The summed E-state index contributed by atoms with van der Waals surface area (Å²) in [4.78, 5) is 0. The van der Waals surface area contributed by atoms with E-state index in [0.717, 1.165) is 18.4 Å². The van der Waals surface area contributed by atoms with Gasteiger partial charge in [0.25, 0.3) is 0 Å². The molecule has 0 aromatic rings. The number of ether oxygens (including phenoxy) is 1. The third kappa shape index (κ3) is 3.24. The predicted molar refractivity (Wildman–Crippen MR) is 49.7 cm³/mol. The van der Waals surface area contributed by atoms with Crippen molar-refractivity contribution in [3.63, 3.8) is 0 Å². The molecule has 11 heavy (non-hydrogen) atoms. The summed E-state index contributed by atoms with van der Waals surface area (Å²) < 4.78 is 5.46. The summed E-state index contributed by atoms with van der Waals surface area (Å²) in [6.07, 6.45) is 1.72. The van der Waals surface area contributed by atoms with Crippen LogP contribution in [-0.4, -0.2) is 12.7 Å². The van der Waals surface area contributed by atoms with Crippen LogP contribution in [0.3, 0.4) is 0 Å². The van der Waals surface area contributed by atoms with E-state index >= 15 is 0 Å². The average Bonchev–Trinajstić information content (AvgIpc) is 2.04. The van der Waals surface area contributed by atoms with E-state index in [1.165, 1.54) is 6.42 Å². The van der Waals surface area contributed by atoms with Gasteiger partial charge in [-0.25, -0.2) is 0 Å². The van der Waals surface area contributed by atoms with Gasteiger partial charge < -0.3 is 4.74 Å². The van der Waals surface area contributed by atoms with Gasteiger partial charge in [-0.1, -0.05) is 27.7 Å². The molecule has 0 saturated carbocycles. The van der Waals surface area contributed by atoms with Crippen molar-refractivity contribution in [2.24, 2.45) is 11.8 Å². The van der Waals surface area contributed by atoms with Gasteiger partial charge in [0.1, 0.15) is 0 Å². The molecule has 0 aliphatic carbocycles. The molecule has 0 aromatic heterocycles. The van der Waals surface area contributed by atoms with Crippen molar-refractivity contribution in [3.05, 3.63) is 0 Å². The first kappa shape index (κ1) is 11.0. The van der Waals surface area contributed by atoms with Crippen molar-refractivity contribution >= 4 is 0 Å². The summed E-state index contributed by atoms with van der Waals surface area (Å²) in [5, 5.41) is 0. The zero-order valence-corrected chi connectivity index (χ0v) is 8.55. The minimum Gasteiger partial charge on any atom is -0.378 e. The maximum absolute atomic E-state index is 5.46. The average molecular weight is 158 g/mol. The highest BCUT2D eigenvalue weighted by Gasteiger charge is 2.23. The van der Waals surface area contributed by atoms with E-state index in [-0.39, 0.29) is 0 Å². The molecule has 1 rings (SSSR count). The Labute approximate surface area is 71.1 Å². The van der Waals surface area contributed by atoms with Gasteiger partial charge in [-0.05, 0) is 25.2 Å². The van der Waals surface area contributed by atoms with Gasteiger partial charge in [0, 0.05) is 6.61 Å². The Kier molecular flexibility index (Phi) is 5.57. The van der Waals surface area contributed by atoms with Gasteiger partial charge in [-0.15, -0.1) is 0 Å². The summed E-state index contributed by atoms with van der Waals surface area (Å²) in [6.45, 7) is 11.7. The van der Waals surface area contributed by atoms with Crippen molar-refractivity contribution in [2.45, 2.75) is 47.1 Å². The van der Waals surface area contributed by atoms with Crippen LogP contribution in [0.1, 0.15) is 41.0 Å². The van der Waals surface area contributed by atoms with Crippen LogP contribution in [0.2, 0.25) is 0 Å². The zero-order chi connectivity index (χ0) is 8.85. The first-order valence-electron chi connectivity index (χ1n) is 4.83. The van der Waals surface area contributed by atoms with Gasteiger partial charge in [-0.2, -0.15) is 0 Å². The smallest absolute Gasteiger partial charge is 0.0575 e. The first-order valence-corrected chi connectivity index (χ1v) is 4.83. The highest BCUT2D eigenvalue weighted by Crippen LogP contribution is 2.25. The van der Waals surface area contributed by atoms with Crippen LogP contribution in [0.25, 0.3) is 0 Å². The Morgan fingerprint density at radius 3 is 2.00 bits per heavy atom. The summed E-state index contributed by atoms with van der Waals surface area (Å²) in [6, 6.07) is 0. The molecule has 0 N–H and O–H groups in total. The summed E-state index contributed by atoms with van der Waals surface area (Å²) in [5.41, 5.74) is 0. The highest BCUT2D eigenvalue weighted by molar-refractivity contribution is 4.72. The van der Waals surface area contributed by atoms with E-state index in [2.05, 4.69) is 20.8 Å². The first-order chi connectivity index (χ1) is 5.22. The van der Waals surface area contributed by atoms with Gasteiger partial charge in [-0.3, -0.25) is 0 Å². The van der Waals surface area contributed by atoms with Gasteiger partial charge in [0.05, 0.1) is 6.10 Å². The fourth-order valence-corrected chi connectivity index (χ4v) is 1.32. The molecule has 1 fully saturated rings. The van der Waals surface area contributed by atoms with Crippen molar-refractivity contribution < 1.29 is 4.74 Å². The second kappa shape index (κ2) is 5.59. The lowest BCUT2D eigenvalue weighted by atomic mass is 9.87. The molecule has 1 nitrogen and oxygen atoms in total. The minimum atomic E-state index is 0.480. The Balaban J connectivity index is 0.000000461. The second-order valence-corrected chi connectivity index (χ2v) is 3.20. The van der Waals surface area contributed by atoms with Crippen molar-refractivity contribution in [1.29, 1.82) is 0 Å². The van der Waals surface area contributed by atoms with Gasteiger partial charge >= 0.3 is 0 Å². The molecule has 0 radical (unpaired) electrons. The van der Waals surface area contributed by atoms with Crippen LogP contribution in [-0.2, 0) is 4.74 Å². The van der Waals surface area contributed by atoms with E-state index in [1.807, 2.05) is 13.8 Å². The lowest BCUT2D eigenvalue weighted by Crippen LogP contribution is -2.30. The molecule has 1 saturated heterocycles. The summed E-state index contributed by atoms with van der Waals surface area (Å²) >= 11 is 0. The molecule has 1 aliphatic heterocycles. The van der Waals surface area contributed by atoms with E-state index in [4.69, 9.17) is 4.74 Å². The highest BCUT2D eigenvalue weighted by atomic mass is 16.5. The zero-order valence-electron chi connectivity index (χ0n) is 8.55. The number of rotatable bonds is 0. The van der Waals surface area contributed by atoms with Crippen LogP contribution < -0.4 is 0 Å². The van der Waals surface area contributed by atoms with Crippen LogP contribution >= 0.6 is 0 Å². The standard InChI is InChI=1S/C8H16O.C2H6/c1-6-4-5-9-8(3)7(6)2;1-2/h6-8H,4-5H2,1-3H3;1-2H3/t6?,7-,8+;/m1./s1. The van der Waals surface area contributed by atoms with E-state index in [1.54, 1.807) is 0 Å². The van der Waals surface area contributed by atoms with Crippen LogP contribution in [0.15, 0.2) is 0 Å². The molecule has 68 valence electrons. The minimum absolute atomic E-state index is 0.480. The van der Waals surface area contributed by atoms with E-state index < -0.39 is 0 Å². The largest absolute Gasteiger partial charge is 0.378 e. The van der Waals surface area contributed by atoms with Gasteiger partial charge in [0.2, 0.25) is 0 Å². The van der Waals surface area contributed by atoms with Gasteiger partial charge in [0.15, 0.2) is 0 Å². The molecule has 3 atom stereocenters. The topological polar surface area (TPSA) is 9.23 Å². The fraction of sp³-hybridized carbons (Fsp3) is 1.00. The Hall–Kier alpha value is -0.0400. The van der Waals surface area contributed by atoms with E-state index in [0.29, 0.717) is 6.10 Å². The Morgan fingerprint density at radius 1 is 1.09 bits per heavy atom. The molecule has 0 spiro atoms. The molecule has 1 heterocycles.